The number of imidazole rings is 1. The molecule has 0 saturated carbocycles. The van der Waals surface area contributed by atoms with Crippen LogP contribution in [0, 0.1) is 11.3 Å². The highest BCUT2D eigenvalue weighted by Crippen LogP contribution is 2.26. The third kappa shape index (κ3) is 2.55. The Kier molecular flexibility index (Phi) is 3.11. The van der Waals surface area contributed by atoms with Crippen LogP contribution in [0.2, 0.25) is 5.02 Å². The molecule has 0 spiro atoms. The summed E-state index contributed by atoms with van der Waals surface area (Å²) in [5.74, 6) is 0. The molecule has 0 aliphatic carbocycles. The standard InChI is InChI=1S/C13H7ClN4S/c14-8-4-5-10-11(6-8)18-13(17-10)19-12-3-1-2-9(7-15)16-12/h1-6H,(H,17,18). The van der Waals surface area contributed by atoms with E-state index in [0.717, 1.165) is 21.2 Å². The molecule has 3 aromatic rings. The molecule has 0 atom stereocenters. The van der Waals surface area contributed by atoms with Gasteiger partial charge in [-0.15, -0.1) is 0 Å². The van der Waals surface area contributed by atoms with Gasteiger partial charge in [-0.25, -0.2) is 9.97 Å². The van der Waals surface area contributed by atoms with Crippen molar-refractivity contribution in [2.75, 3.05) is 0 Å². The summed E-state index contributed by atoms with van der Waals surface area (Å²) in [6, 6.07) is 12.8. The Balaban J connectivity index is 1.94. The first kappa shape index (κ1) is 12.0. The van der Waals surface area contributed by atoms with Crippen molar-refractivity contribution in [2.45, 2.75) is 10.2 Å². The molecule has 1 N–H and O–H groups in total. The summed E-state index contributed by atoms with van der Waals surface area (Å²) in [5, 5.41) is 10.9. The molecule has 6 heteroatoms. The maximum atomic E-state index is 8.81. The first-order chi connectivity index (χ1) is 9.24. The van der Waals surface area contributed by atoms with Crippen molar-refractivity contribution in [1.82, 2.24) is 15.0 Å². The molecule has 0 aliphatic rings. The molecule has 0 fully saturated rings. The molecule has 2 aromatic heterocycles. The molecule has 0 aliphatic heterocycles. The molecule has 92 valence electrons. The molecule has 3 rings (SSSR count). The van der Waals surface area contributed by atoms with Crippen LogP contribution < -0.4 is 0 Å². The van der Waals surface area contributed by atoms with Crippen molar-refractivity contribution in [3.8, 4) is 6.07 Å². The fourth-order valence-corrected chi connectivity index (χ4v) is 2.61. The number of aromatic amines is 1. The largest absolute Gasteiger partial charge is 0.333 e. The van der Waals surface area contributed by atoms with Gasteiger partial charge in [0.05, 0.1) is 11.0 Å². The number of aromatic nitrogens is 3. The fourth-order valence-electron chi connectivity index (χ4n) is 1.64. The maximum Gasteiger partial charge on any atom is 0.172 e. The summed E-state index contributed by atoms with van der Waals surface area (Å²) < 4.78 is 0. The first-order valence-electron chi connectivity index (χ1n) is 5.45. The van der Waals surface area contributed by atoms with E-state index in [1.807, 2.05) is 24.3 Å². The predicted octanol–water partition coefficient (Wildman–Crippen LogP) is 3.63. The molecule has 2 heterocycles. The summed E-state index contributed by atoms with van der Waals surface area (Å²) in [4.78, 5) is 11.8. The molecule has 19 heavy (non-hydrogen) atoms. The number of halogens is 1. The monoisotopic (exact) mass is 286 g/mol. The van der Waals surface area contributed by atoms with E-state index in [9.17, 15) is 0 Å². The number of fused-ring (bicyclic) bond motifs is 1. The number of hydrogen-bond donors (Lipinski definition) is 1. The lowest BCUT2D eigenvalue weighted by Gasteiger charge is -1.96. The Morgan fingerprint density at radius 3 is 2.95 bits per heavy atom. The second-order valence-electron chi connectivity index (χ2n) is 3.78. The third-order valence-electron chi connectivity index (χ3n) is 2.46. The molecule has 0 amide bonds. The summed E-state index contributed by atoms with van der Waals surface area (Å²) in [6.07, 6.45) is 0. The van der Waals surface area contributed by atoms with Crippen molar-refractivity contribution >= 4 is 34.4 Å². The van der Waals surface area contributed by atoms with E-state index >= 15 is 0 Å². The van der Waals surface area contributed by atoms with Crippen LogP contribution in [0.4, 0.5) is 0 Å². The molecule has 0 radical (unpaired) electrons. The number of H-pyrrole nitrogens is 1. The highest BCUT2D eigenvalue weighted by Gasteiger charge is 2.06. The quantitative estimate of drug-likeness (QED) is 0.781. The van der Waals surface area contributed by atoms with E-state index in [4.69, 9.17) is 16.9 Å². The zero-order chi connectivity index (χ0) is 13.2. The lowest BCUT2D eigenvalue weighted by atomic mass is 10.3. The number of hydrogen-bond acceptors (Lipinski definition) is 4. The summed E-state index contributed by atoms with van der Waals surface area (Å²) in [6.45, 7) is 0. The number of rotatable bonds is 2. The maximum absolute atomic E-state index is 8.81. The van der Waals surface area contributed by atoms with E-state index < -0.39 is 0 Å². The van der Waals surface area contributed by atoms with E-state index in [-0.39, 0.29) is 0 Å². The van der Waals surface area contributed by atoms with Crippen molar-refractivity contribution < 1.29 is 0 Å². The van der Waals surface area contributed by atoms with Crippen molar-refractivity contribution in [1.29, 1.82) is 5.26 Å². The van der Waals surface area contributed by atoms with Gasteiger partial charge in [0.15, 0.2) is 5.16 Å². The number of nitrogens with zero attached hydrogens (tertiary/aromatic N) is 3. The zero-order valence-electron chi connectivity index (χ0n) is 9.59. The smallest absolute Gasteiger partial charge is 0.172 e. The van der Waals surface area contributed by atoms with Gasteiger partial charge < -0.3 is 4.98 Å². The first-order valence-corrected chi connectivity index (χ1v) is 6.64. The van der Waals surface area contributed by atoms with Gasteiger partial charge in [-0.3, -0.25) is 0 Å². The van der Waals surface area contributed by atoms with Crippen LogP contribution in [0.5, 0.6) is 0 Å². The lowest BCUT2D eigenvalue weighted by Crippen LogP contribution is -1.85. The second kappa shape index (κ2) is 4.92. The lowest BCUT2D eigenvalue weighted by molar-refractivity contribution is 1.05. The van der Waals surface area contributed by atoms with E-state index in [1.54, 1.807) is 18.2 Å². The van der Waals surface area contributed by atoms with Gasteiger partial charge in [-0.05, 0) is 42.1 Å². The van der Waals surface area contributed by atoms with Crippen LogP contribution in [0.25, 0.3) is 11.0 Å². The van der Waals surface area contributed by atoms with Crippen LogP contribution >= 0.6 is 23.4 Å². The molecular weight excluding hydrogens is 280 g/mol. The Hall–Kier alpha value is -2.03. The average Bonchev–Trinajstić information content (AvgIpc) is 2.80. The van der Waals surface area contributed by atoms with Gasteiger partial charge in [0, 0.05) is 5.02 Å². The van der Waals surface area contributed by atoms with Crippen LogP contribution in [0.1, 0.15) is 5.69 Å². The molecule has 0 unspecified atom stereocenters. The summed E-state index contributed by atoms with van der Waals surface area (Å²) in [5.41, 5.74) is 2.12. The van der Waals surface area contributed by atoms with Gasteiger partial charge >= 0.3 is 0 Å². The average molecular weight is 287 g/mol. The molecule has 0 bridgehead atoms. The number of benzene rings is 1. The second-order valence-corrected chi connectivity index (χ2v) is 5.22. The van der Waals surface area contributed by atoms with Crippen LogP contribution in [-0.2, 0) is 0 Å². The minimum Gasteiger partial charge on any atom is -0.333 e. The van der Waals surface area contributed by atoms with Crippen molar-refractivity contribution in [3.05, 3.63) is 47.1 Å². The minimum absolute atomic E-state index is 0.393. The van der Waals surface area contributed by atoms with Crippen LogP contribution in [0.3, 0.4) is 0 Å². The molecule has 1 aromatic carbocycles. The number of nitriles is 1. The third-order valence-corrected chi connectivity index (χ3v) is 3.52. The Morgan fingerprint density at radius 2 is 2.11 bits per heavy atom. The predicted molar refractivity (Wildman–Crippen MR) is 74.2 cm³/mol. The Labute approximate surface area is 118 Å². The van der Waals surface area contributed by atoms with Gasteiger partial charge in [-0.1, -0.05) is 17.7 Å². The number of nitrogens with one attached hydrogen (secondary N) is 1. The van der Waals surface area contributed by atoms with Gasteiger partial charge in [-0.2, -0.15) is 5.26 Å². The van der Waals surface area contributed by atoms with Crippen LogP contribution in [-0.4, -0.2) is 15.0 Å². The van der Waals surface area contributed by atoms with Crippen molar-refractivity contribution in [3.63, 3.8) is 0 Å². The molecular formula is C13H7ClN4S. The van der Waals surface area contributed by atoms with E-state index in [0.29, 0.717) is 10.7 Å². The Morgan fingerprint density at radius 1 is 1.21 bits per heavy atom. The topological polar surface area (TPSA) is 65.4 Å². The van der Waals surface area contributed by atoms with Crippen LogP contribution in [0.15, 0.2) is 46.6 Å². The zero-order valence-corrected chi connectivity index (χ0v) is 11.2. The molecule has 4 nitrogen and oxygen atoms in total. The van der Waals surface area contributed by atoms with E-state index in [1.165, 1.54) is 11.8 Å². The minimum atomic E-state index is 0.393. The summed E-state index contributed by atoms with van der Waals surface area (Å²) >= 11 is 7.30. The highest BCUT2D eigenvalue weighted by molar-refractivity contribution is 7.99. The van der Waals surface area contributed by atoms with Gasteiger partial charge in [0.2, 0.25) is 0 Å². The summed E-state index contributed by atoms with van der Waals surface area (Å²) in [7, 11) is 0. The van der Waals surface area contributed by atoms with Gasteiger partial charge in [0.1, 0.15) is 16.8 Å². The van der Waals surface area contributed by atoms with Crippen molar-refractivity contribution in [2.24, 2.45) is 0 Å². The number of pyridine rings is 1. The van der Waals surface area contributed by atoms with Gasteiger partial charge in [0.25, 0.3) is 0 Å². The fraction of sp³-hybridized carbons (Fsp3) is 0. The molecule has 0 saturated heterocycles. The van der Waals surface area contributed by atoms with E-state index in [2.05, 4.69) is 15.0 Å². The Bertz CT molecular complexity index is 791. The SMILES string of the molecule is N#Cc1cccc(Sc2nc3ccc(Cl)cc3[nH]2)n1. The normalized spacial score (nSPS) is 10.5. The highest BCUT2D eigenvalue weighted by atomic mass is 35.5.